The molecule has 143 heavy (non-hydrogen) atoms. The second-order valence-corrected chi connectivity index (χ2v) is 35.3. The number of aromatic nitrogens is 2. The Bertz CT molecular complexity index is 5580. The number of H-pyrrole nitrogens is 1. The zero-order valence-corrected chi connectivity index (χ0v) is 80.2. The summed E-state index contributed by atoms with van der Waals surface area (Å²) in [5, 5.41) is 93.5. The number of esters is 1. The van der Waals surface area contributed by atoms with E-state index in [1.54, 1.807) is 36.6 Å². The number of aromatic amines is 1. The highest BCUT2D eigenvalue weighted by Crippen LogP contribution is 2.57. The smallest absolute Gasteiger partial charge is 0.340 e. The van der Waals surface area contributed by atoms with Crippen LogP contribution in [0.5, 0.6) is 23.0 Å². The number of aliphatic hydroxyl groups excluding tert-OH is 2. The van der Waals surface area contributed by atoms with Crippen LogP contribution in [0.25, 0.3) is 0 Å². The molecule has 2 aliphatic rings. The third kappa shape index (κ3) is 33.2. The predicted octanol–water partition coefficient (Wildman–Crippen LogP) is -2.30. The number of rotatable bonds is 57. The Kier molecular flexibility index (Phi) is 42.6. The van der Waals surface area contributed by atoms with Gasteiger partial charge in [-0.05, 0) is 187 Å². The van der Waals surface area contributed by atoms with Crippen LogP contribution in [-0.2, 0) is 93.5 Å². The maximum Gasteiger partial charge on any atom is 0.340 e. The monoisotopic (exact) mass is 2010 g/mol. The van der Waals surface area contributed by atoms with Crippen LogP contribution in [0.3, 0.4) is 0 Å². The summed E-state index contributed by atoms with van der Waals surface area (Å²) < 4.78 is 12.1. The lowest BCUT2D eigenvalue weighted by Gasteiger charge is -2.36. The first-order valence-electron chi connectivity index (χ1n) is 45.6. The van der Waals surface area contributed by atoms with Gasteiger partial charge in [-0.15, -0.1) is 0 Å². The quantitative estimate of drug-likeness (QED) is 0.0108. The van der Waals surface area contributed by atoms with Crippen molar-refractivity contribution in [2.75, 3.05) is 63.9 Å². The molecule has 0 radical (unpaired) electrons. The molecule has 0 aliphatic carbocycles. The van der Waals surface area contributed by atoms with E-state index in [9.17, 15) is 117 Å². The first-order chi connectivity index (χ1) is 67.9. The van der Waals surface area contributed by atoms with E-state index in [1.165, 1.54) is 91.9 Å². The number of azo groups is 1. The number of thioether (sulfide) groups is 1. The van der Waals surface area contributed by atoms with E-state index in [0.717, 1.165) is 12.6 Å². The normalized spacial score (nSPS) is 14.5. The Morgan fingerprint density at radius 2 is 0.951 bits per heavy atom. The summed E-state index contributed by atoms with van der Waals surface area (Å²) in [5.74, 6) is -20.0. The summed E-state index contributed by atoms with van der Waals surface area (Å²) in [6.07, 6.45) is 0.847. The third-order valence-electron chi connectivity index (χ3n) is 22.6. The Labute approximate surface area is 824 Å². The molecule has 0 fully saturated rings. The van der Waals surface area contributed by atoms with Crippen LogP contribution in [0.1, 0.15) is 165 Å². The number of nitrogens with two attached hydrogens (primary N) is 4. The van der Waals surface area contributed by atoms with E-state index in [1.807, 2.05) is 45.0 Å². The molecule has 0 bridgehead atoms. The van der Waals surface area contributed by atoms with Crippen molar-refractivity contribution in [3.8, 4) is 23.0 Å². The van der Waals surface area contributed by atoms with Gasteiger partial charge in [-0.25, -0.2) is 9.78 Å². The number of phenolic OH excluding ortho intramolecular Hbond substituents is 2. The number of hydrogen-bond acceptors (Lipinski definition) is 31. The Hall–Kier alpha value is -15.7. The lowest BCUT2D eigenvalue weighted by molar-refractivity contribution is -0.141. The van der Waals surface area contributed by atoms with E-state index in [4.69, 9.17) is 32.4 Å². The van der Waals surface area contributed by atoms with Crippen molar-refractivity contribution in [2.24, 2.45) is 39.1 Å². The van der Waals surface area contributed by atoms with E-state index in [2.05, 4.69) is 94.6 Å². The topological polar surface area (TPSA) is 773 Å². The third-order valence-corrected chi connectivity index (χ3v) is 23.3. The van der Waals surface area contributed by atoms with Gasteiger partial charge in [0.15, 0.2) is 5.60 Å². The van der Waals surface area contributed by atoms with Gasteiger partial charge in [0.2, 0.25) is 88.6 Å². The van der Waals surface area contributed by atoms with Crippen molar-refractivity contribution in [3.05, 3.63) is 155 Å². The number of unbranched alkanes of at least 4 members (excludes halogenated alkanes) is 2. The minimum atomic E-state index is -2.03. The molecular formula is C93H121N23O26S. The SMILES string of the molecule is CSCC[C@H](NC(=O)[C@H](CCC(N)=O)NC(=O)[C@H](CC(=O)O)NC(=O)CNC(=O)[C@H](Cc1c[nH]cn1)NC(=O)[C@H](C)NC(=O)[C@H](CC(C)C)NC(=O)c1ccc(N=Nc2ccc(N(C)C)cc2)cc1)C(=O)N[C@@H](C)C(=O)N[C@@H](CCC(N)=O)C(=O)N[C@@H](CO)C(=O)N[C@@H](CCCCN)C(=O)N[C@@H](CO)C(=O)N[C@@H](CCCCNC(=O)c1ccc2c(c1)C(=O)OC21c2ccc(O)cc2Oc2cc(O)ccc21)C(N)=O. The fourth-order valence-electron chi connectivity index (χ4n) is 15.0. The number of aliphatic carboxylic acids is 1. The fourth-order valence-corrected chi connectivity index (χ4v) is 15.4. The van der Waals surface area contributed by atoms with Crippen LogP contribution >= 0.6 is 11.8 Å². The molecule has 2 aliphatic heterocycles. The number of carbonyl (C=O) groups excluding carboxylic acids is 18. The van der Waals surface area contributed by atoms with Crippen LogP contribution in [0.2, 0.25) is 0 Å². The number of carboxylic acid groups (broad SMARTS) is 1. The second-order valence-electron chi connectivity index (χ2n) is 34.4. The second kappa shape index (κ2) is 54.2. The fraction of sp³-hybridized carbons (Fsp3) is 0.441. The molecule has 5 aromatic carbocycles. The highest BCUT2D eigenvalue weighted by Gasteiger charge is 2.54. The molecule has 17 amide bonds. The van der Waals surface area contributed by atoms with Crippen LogP contribution in [0, 0.1) is 5.92 Å². The largest absolute Gasteiger partial charge is 0.508 e. The summed E-state index contributed by atoms with van der Waals surface area (Å²) >= 11 is 1.19. The number of fused-ring (bicyclic) bond motifs is 6. The molecule has 8 rings (SSSR count). The number of aromatic hydroxyl groups is 2. The molecule has 0 saturated carbocycles. The summed E-state index contributed by atoms with van der Waals surface area (Å²) in [4.78, 5) is 266. The van der Waals surface area contributed by atoms with Gasteiger partial charge < -0.3 is 142 Å². The Morgan fingerprint density at radius 1 is 0.490 bits per heavy atom. The van der Waals surface area contributed by atoms with E-state index in [0.29, 0.717) is 28.1 Å². The molecule has 1 spiro atoms. The zero-order valence-electron chi connectivity index (χ0n) is 79.4. The van der Waals surface area contributed by atoms with E-state index in [-0.39, 0.29) is 128 Å². The molecule has 12 atom stereocenters. The Morgan fingerprint density at radius 3 is 1.45 bits per heavy atom. The zero-order chi connectivity index (χ0) is 105. The number of anilines is 1. The highest BCUT2D eigenvalue weighted by molar-refractivity contribution is 7.98. The summed E-state index contributed by atoms with van der Waals surface area (Å²) in [6, 6.07) is 6.67. The number of imidazole rings is 1. The van der Waals surface area contributed by atoms with Crippen LogP contribution in [0.4, 0.5) is 17.1 Å². The Balaban J connectivity index is 0.823. The van der Waals surface area contributed by atoms with Crippen molar-refractivity contribution < 1.29 is 126 Å². The standard InChI is InChI=1S/C93H121N23O26S/c1-47(2)36-67(111-82(130)50-14-17-52(18-15-50)114-115-53-19-21-55(22-20-53)116(5)6)88(136)103-49(4)80(128)110-68(38-54-42-98-46-101-54)83(131)100-43-76(123)104-69(41-77(124)125)89(137)108-65(29-31-75(96)122)86(134)109-66(32-35-143-7)84(132)102-48(3)79(127)106-64(28-30-74(95)121)87(135)113-71(45-118)91(139)107-63(13-8-10-33-94)85(133)112-70(44-117)90(138)105-62(78(97)126)12-9-11-34-99-81(129)51-16-25-59-58(37-51)92(140)142-93(59)60-26-23-56(119)39-72(60)141-73-40-57(120)24-27-61(73)93/h14-27,37,39-40,42,46-49,62-71,117-120H,8-13,28-36,38,41,43-45,94H2,1-7H3,(H2,95,121)(H2,96,122)(H2,97,126)(H,98,101)(H,99,129)(H,100,131)(H,102,132)(H,103,136)(H,104,123)(H,105,138)(H,106,127)(H,107,139)(H,108,137)(H,109,134)(H,110,128)(H,111,130)(H,112,133)(H,113,135)(H,124,125)/t48-,49-,62-,63-,64-,65-,66-,67-,68-,69-,70-,71-/m0/s1. The molecule has 0 unspecified atom stereocenters. The minimum absolute atomic E-state index is 0.00936. The van der Waals surface area contributed by atoms with Gasteiger partial charge >= 0.3 is 11.9 Å². The molecule has 0 saturated heterocycles. The van der Waals surface area contributed by atoms with Crippen molar-refractivity contribution >= 4 is 141 Å². The minimum Gasteiger partial charge on any atom is -0.508 e. The average Bonchev–Trinajstić information content (AvgIpc) is 1.60. The van der Waals surface area contributed by atoms with Gasteiger partial charge in [0, 0.05) is 91.7 Å². The number of carbonyl (C=O) groups is 19. The number of nitrogens with zero attached hydrogens (tertiary/aromatic N) is 4. The molecule has 28 N–H and O–H groups in total. The lowest BCUT2D eigenvalue weighted by atomic mass is 9.77. The number of primary amides is 3. The van der Waals surface area contributed by atoms with Gasteiger partial charge in [0.1, 0.15) is 95.5 Å². The van der Waals surface area contributed by atoms with Crippen molar-refractivity contribution in [2.45, 2.75) is 196 Å². The molecule has 770 valence electrons. The maximum atomic E-state index is 14.3. The van der Waals surface area contributed by atoms with Gasteiger partial charge in [-0.2, -0.15) is 22.0 Å². The van der Waals surface area contributed by atoms with E-state index >= 15 is 0 Å². The number of nitrogens with one attached hydrogen (secondary N) is 15. The average molecular weight is 2010 g/mol. The molecule has 3 heterocycles. The van der Waals surface area contributed by atoms with Crippen LogP contribution < -0.4 is 107 Å². The molecule has 6 aromatic rings. The molecule has 49 nitrogen and oxygen atoms in total. The van der Waals surface area contributed by atoms with Crippen molar-refractivity contribution in [1.29, 1.82) is 0 Å². The summed E-state index contributed by atoms with van der Waals surface area (Å²) in [6.45, 7) is 2.93. The van der Waals surface area contributed by atoms with Gasteiger partial charge in [-0.1, -0.05) is 19.9 Å². The molecule has 1 aromatic heterocycles. The number of benzene rings is 5. The summed E-state index contributed by atoms with van der Waals surface area (Å²) in [5.41, 5.74) is 24.3. The number of amides is 17. The van der Waals surface area contributed by atoms with Gasteiger partial charge in [-0.3, -0.25) is 86.3 Å². The maximum absolute atomic E-state index is 14.3. The number of ether oxygens (including phenoxy) is 2. The summed E-state index contributed by atoms with van der Waals surface area (Å²) in [7, 11) is 3.81. The van der Waals surface area contributed by atoms with Crippen LogP contribution in [0.15, 0.2) is 126 Å². The molecule has 50 heteroatoms. The van der Waals surface area contributed by atoms with E-state index < -0.39 is 242 Å². The number of hydrogen-bond donors (Lipinski definition) is 24. The highest BCUT2D eigenvalue weighted by atomic mass is 32.2. The van der Waals surface area contributed by atoms with Crippen molar-refractivity contribution in [1.82, 2.24) is 84.4 Å². The van der Waals surface area contributed by atoms with Gasteiger partial charge in [0.05, 0.1) is 55.1 Å². The number of phenols is 2. The predicted molar refractivity (Wildman–Crippen MR) is 513 cm³/mol. The number of aliphatic hydroxyl groups is 2. The first-order valence-corrected chi connectivity index (χ1v) is 47.0. The van der Waals surface area contributed by atoms with Gasteiger partial charge in [0.25, 0.3) is 11.8 Å². The number of carboxylic acids is 1. The van der Waals surface area contributed by atoms with Crippen LogP contribution in [-0.4, -0.2) is 279 Å². The first kappa shape index (κ1) is 113. The lowest BCUT2D eigenvalue weighted by Crippen LogP contribution is -2.61. The van der Waals surface area contributed by atoms with Crippen molar-refractivity contribution in [3.63, 3.8) is 0 Å². The molecular weight excluding hydrogens is 1890 g/mol.